The number of para-hydroxylation sites is 1. The highest BCUT2D eigenvalue weighted by Crippen LogP contribution is 2.32. The number of hydrogen-bond acceptors (Lipinski definition) is 5. The molecule has 6 nitrogen and oxygen atoms in total. The molecule has 0 fully saturated rings. The lowest BCUT2D eigenvalue weighted by Gasteiger charge is -2.24. The maximum Gasteiger partial charge on any atom is 0.227 e. The smallest absolute Gasteiger partial charge is 0.227 e. The van der Waals surface area contributed by atoms with E-state index >= 15 is 0 Å². The van der Waals surface area contributed by atoms with E-state index < -0.39 is 6.10 Å². The van der Waals surface area contributed by atoms with Crippen molar-refractivity contribution in [2.24, 2.45) is 0 Å². The van der Waals surface area contributed by atoms with Crippen LogP contribution in [0.5, 0.6) is 11.6 Å². The Balaban J connectivity index is 1.68. The molecule has 2 aromatic heterocycles. The molecule has 0 saturated heterocycles. The Labute approximate surface area is 211 Å². The molecule has 0 radical (unpaired) electrons. The van der Waals surface area contributed by atoms with Crippen LogP contribution in [0.3, 0.4) is 0 Å². The topological polar surface area (TPSA) is 63.7 Å². The molecule has 0 bridgehead atoms. The van der Waals surface area contributed by atoms with Crippen molar-refractivity contribution in [1.82, 2.24) is 14.7 Å². The average Bonchev–Trinajstić information content (AvgIpc) is 3.48. The third-order valence-corrected chi connectivity index (χ3v) is 6.12. The van der Waals surface area contributed by atoms with E-state index in [1.807, 2.05) is 66.2 Å². The molecule has 1 N–H and O–H groups in total. The van der Waals surface area contributed by atoms with Gasteiger partial charge >= 0.3 is 0 Å². The maximum absolute atomic E-state index is 10.7. The quantitative estimate of drug-likeness (QED) is 0.236. The van der Waals surface area contributed by atoms with Crippen molar-refractivity contribution >= 4 is 11.6 Å². The van der Waals surface area contributed by atoms with Crippen LogP contribution in [0.1, 0.15) is 43.2 Å². The summed E-state index contributed by atoms with van der Waals surface area (Å²) in [5, 5.41) is 16.2. The lowest BCUT2D eigenvalue weighted by molar-refractivity contribution is 0.0915. The van der Waals surface area contributed by atoms with Crippen LogP contribution in [0.2, 0.25) is 5.02 Å². The second kappa shape index (κ2) is 12.1. The second-order valence-corrected chi connectivity index (χ2v) is 9.15. The molecule has 0 spiro atoms. The first-order chi connectivity index (χ1) is 17.0. The fourth-order valence-corrected chi connectivity index (χ4v) is 4.17. The second-order valence-electron chi connectivity index (χ2n) is 8.72. The molecule has 4 rings (SSSR count). The number of aliphatic hydroxyl groups excluding tert-OH is 1. The van der Waals surface area contributed by atoms with E-state index in [1.54, 1.807) is 18.4 Å². The van der Waals surface area contributed by atoms with Crippen LogP contribution in [0.25, 0.3) is 5.69 Å². The Bertz CT molecular complexity index is 1170. The minimum absolute atomic E-state index is 0.421. The highest BCUT2D eigenvalue weighted by atomic mass is 35.5. The molecule has 35 heavy (non-hydrogen) atoms. The molecule has 1 atom stereocenters. The molecule has 184 valence electrons. The number of rotatable bonds is 12. The first-order valence-corrected chi connectivity index (χ1v) is 12.4. The predicted octanol–water partition coefficient (Wildman–Crippen LogP) is 6.77. The van der Waals surface area contributed by atoms with Crippen LogP contribution in [-0.2, 0) is 13.1 Å². The number of aryl methyl sites for hydroxylation is 1. The monoisotopic (exact) mass is 493 g/mol. The summed E-state index contributed by atoms with van der Waals surface area (Å²) in [6.45, 7) is 5.77. The van der Waals surface area contributed by atoms with Crippen molar-refractivity contribution in [2.75, 3.05) is 6.54 Å². The number of aliphatic hydroxyl groups is 1. The molecule has 1 unspecified atom stereocenters. The van der Waals surface area contributed by atoms with Gasteiger partial charge in [0.2, 0.25) is 5.88 Å². The summed E-state index contributed by atoms with van der Waals surface area (Å²) in [6, 6.07) is 21.1. The van der Waals surface area contributed by atoms with E-state index in [1.165, 1.54) is 0 Å². The number of hydrogen-bond donors (Lipinski definition) is 1. The van der Waals surface area contributed by atoms with Gasteiger partial charge in [0.05, 0.1) is 35.9 Å². The van der Waals surface area contributed by atoms with Gasteiger partial charge in [-0.1, -0.05) is 49.6 Å². The molecule has 4 aromatic rings. The summed E-state index contributed by atoms with van der Waals surface area (Å²) in [5.41, 5.74) is 2.73. The van der Waals surface area contributed by atoms with Gasteiger partial charge in [-0.05, 0) is 61.9 Å². The number of furan rings is 1. The predicted molar refractivity (Wildman–Crippen MR) is 138 cm³/mol. The van der Waals surface area contributed by atoms with Crippen molar-refractivity contribution in [3.63, 3.8) is 0 Å². The Hall–Kier alpha value is -3.06. The number of benzene rings is 2. The number of unbranched alkanes of at least 4 members (excludes halogenated alkanes) is 1. The number of nitrogens with zero attached hydrogens (tertiary/aromatic N) is 3. The van der Waals surface area contributed by atoms with Crippen molar-refractivity contribution in [1.29, 1.82) is 0 Å². The average molecular weight is 494 g/mol. The van der Waals surface area contributed by atoms with E-state index in [-0.39, 0.29) is 0 Å². The first kappa shape index (κ1) is 25.0. The first-order valence-electron chi connectivity index (χ1n) is 12.0. The molecule has 2 heterocycles. The maximum atomic E-state index is 10.7. The zero-order chi connectivity index (χ0) is 24.6. The van der Waals surface area contributed by atoms with Crippen LogP contribution in [0, 0.1) is 6.92 Å². The van der Waals surface area contributed by atoms with Gasteiger partial charge in [-0.25, -0.2) is 4.68 Å². The van der Waals surface area contributed by atoms with Crippen molar-refractivity contribution in [2.45, 2.75) is 52.3 Å². The Morgan fingerprint density at radius 1 is 1.06 bits per heavy atom. The molecular formula is C28H32ClN3O3. The largest absolute Gasteiger partial charge is 0.468 e. The fourth-order valence-electron chi connectivity index (χ4n) is 4.04. The van der Waals surface area contributed by atoms with Crippen molar-refractivity contribution in [3.8, 4) is 17.3 Å². The van der Waals surface area contributed by atoms with Gasteiger partial charge in [0.15, 0.2) is 0 Å². The van der Waals surface area contributed by atoms with Crippen LogP contribution in [0.15, 0.2) is 77.4 Å². The van der Waals surface area contributed by atoms with Gasteiger partial charge < -0.3 is 14.3 Å². The summed E-state index contributed by atoms with van der Waals surface area (Å²) in [4.78, 5) is 2.19. The summed E-state index contributed by atoms with van der Waals surface area (Å²) in [5.74, 6) is 2.16. The third kappa shape index (κ3) is 6.75. The van der Waals surface area contributed by atoms with Gasteiger partial charge in [-0.15, -0.1) is 0 Å². The fraction of sp³-hybridized carbons (Fsp3) is 0.321. The minimum Gasteiger partial charge on any atom is -0.468 e. The van der Waals surface area contributed by atoms with E-state index in [2.05, 4.69) is 11.8 Å². The Kier molecular flexibility index (Phi) is 8.64. The number of aromatic nitrogens is 2. The van der Waals surface area contributed by atoms with Crippen LogP contribution >= 0.6 is 11.6 Å². The van der Waals surface area contributed by atoms with Crippen LogP contribution < -0.4 is 4.74 Å². The number of ether oxygens (including phenoxy) is 1. The van der Waals surface area contributed by atoms with Gasteiger partial charge in [0, 0.05) is 18.1 Å². The van der Waals surface area contributed by atoms with E-state index in [0.717, 1.165) is 42.0 Å². The van der Waals surface area contributed by atoms with E-state index in [0.29, 0.717) is 36.3 Å². The molecule has 0 saturated carbocycles. The summed E-state index contributed by atoms with van der Waals surface area (Å²) in [6.07, 6.45) is 4.06. The summed E-state index contributed by atoms with van der Waals surface area (Å²) in [7, 11) is 0. The molecule has 0 aliphatic carbocycles. The van der Waals surface area contributed by atoms with Crippen molar-refractivity contribution < 1.29 is 14.3 Å². The zero-order valence-electron chi connectivity index (χ0n) is 20.2. The SMILES string of the molecule is CCCCC(O)CN(Cc1ccco1)Cc1c(C)nn(-c2ccccc2)c1Oc1ccc(Cl)cc1. The molecule has 0 amide bonds. The van der Waals surface area contributed by atoms with Gasteiger partial charge in [-0.2, -0.15) is 5.10 Å². The Morgan fingerprint density at radius 3 is 2.51 bits per heavy atom. The van der Waals surface area contributed by atoms with Crippen molar-refractivity contribution in [3.05, 3.63) is 95.0 Å². The minimum atomic E-state index is -0.421. The number of halogens is 1. The van der Waals surface area contributed by atoms with E-state index in [9.17, 15) is 5.11 Å². The standard InChI is InChI=1S/C28H32ClN3O3/c1-3-4-11-24(33)18-31(19-26-12-8-17-34-26)20-27-21(2)30-32(23-9-6-5-7-10-23)28(27)35-25-15-13-22(29)14-16-25/h5-10,12-17,24,33H,3-4,11,18-20H2,1-2H3. The normalized spacial score (nSPS) is 12.3. The molecule has 0 aliphatic heterocycles. The third-order valence-electron chi connectivity index (χ3n) is 5.87. The van der Waals surface area contributed by atoms with Crippen LogP contribution in [0.4, 0.5) is 0 Å². The van der Waals surface area contributed by atoms with E-state index in [4.69, 9.17) is 25.9 Å². The molecule has 7 heteroatoms. The lowest BCUT2D eigenvalue weighted by atomic mass is 10.1. The summed E-state index contributed by atoms with van der Waals surface area (Å²) < 4.78 is 13.9. The molecular weight excluding hydrogens is 462 g/mol. The highest BCUT2D eigenvalue weighted by Gasteiger charge is 2.23. The zero-order valence-corrected chi connectivity index (χ0v) is 21.0. The van der Waals surface area contributed by atoms with Gasteiger partial charge in [0.25, 0.3) is 0 Å². The lowest BCUT2D eigenvalue weighted by Crippen LogP contribution is -2.32. The van der Waals surface area contributed by atoms with Crippen LogP contribution in [-0.4, -0.2) is 32.4 Å². The summed E-state index contributed by atoms with van der Waals surface area (Å²) >= 11 is 6.09. The highest BCUT2D eigenvalue weighted by molar-refractivity contribution is 6.30. The molecule has 2 aromatic carbocycles. The van der Waals surface area contributed by atoms with Gasteiger partial charge in [0.1, 0.15) is 11.5 Å². The molecule has 0 aliphatic rings. The Morgan fingerprint density at radius 2 is 1.83 bits per heavy atom. The van der Waals surface area contributed by atoms with Gasteiger partial charge in [-0.3, -0.25) is 4.90 Å².